The Bertz CT molecular complexity index is 142. The number of carboxylic acid groups (broad SMARTS) is 1. The zero-order valence-electron chi connectivity index (χ0n) is 6.50. The van der Waals surface area contributed by atoms with Gasteiger partial charge >= 0.3 is 0 Å². The molecule has 2 aliphatic heterocycles. The Kier molecular flexibility index (Phi) is 2.78. The Hall–Kier alpha value is -0.220. The van der Waals surface area contributed by atoms with Crippen LogP contribution >= 0.6 is 11.8 Å². The molecule has 2 fully saturated rings. The summed E-state index contributed by atoms with van der Waals surface area (Å²) in [4.78, 5) is 9.00. The van der Waals surface area contributed by atoms with Crippen molar-refractivity contribution in [2.75, 3.05) is 19.0 Å². The summed E-state index contributed by atoms with van der Waals surface area (Å²) in [5, 5.41) is 7.42. The molecule has 1 spiro atoms. The van der Waals surface area contributed by atoms with Crippen LogP contribution in [0.1, 0.15) is 13.3 Å². The monoisotopic (exact) mass is 176 g/mol. The molecule has 1 unspecified atom stereocenters. The summed E-state index contributed by atoms with van der Waals surface area (Å²) in [5.41, 5.74) is 0. The molecule has 0 aromatic carbocycles. The topological polar surface area (TPSA) is 46.5 Å². The second kappa shape index (κ2) is 3.45. The Labute approximate surface area is 70.1 Å². The third kappa shape index (κ3) is 3.12. The van der Waals surface area contributed by atoms with Crippen molar-refractivity contribution in [2.45, 2.75) is 18.1 Å². The van der Waals surface area contributed by atoms with Crippen molar-refractivity contribution >= 4 is 17.7 Å². The lowest BCUT2D eigenvalue weighted by Gasteiger charge is -1.92. The fraction of sp³-hybridized carbons (Fsp3) is 0.857. The van der Waals surface area contributed by atoms with Gasteiger partial charge in [0.25, 0.3) is 5.97 Å². The van der Waals surface area contributed by atoms with E-state index in [0.717, 1.165) is 20.1 Å². The van der Waals surface area contributed by atoms with Crippen molar-refractivity contribution < 1.29 is 14.6 Å². The zero-order chi connectivity index (χ0) is 8.32. The normalized spacial score (nSPS) is 32.8. The van der Waals surface area contributed by atoms with Crippen LogP contribution in [0.25, 0.3) is 0 Å². The molecule has 64 valence electrons. The van der Waals surface area contributed by atoms with Gasteiger partial charge in [0.1, 0.15) is 0 Å². The lowest BCUT2D eigenvalue weighted by atomic mass is 10.2. The number of hydrogen-bond donors (Lipinski definition) is 1. The van der Waals surface area contributed by atoms with Gasteiger partial charge in [0.05, 0.1) is 11.4 Å². The number of rotatable bonds is 0. The van der Waals surface area contributed by atoms with Crippen LogP contribution in [-0.4, -0.2) is 34.8 Å². The first-order chi connectivity index (χ1) is 5.15. The van der Waals surface area contributed by atoms with Crippen molar-refractivity contribution in [3.8, 4) is 0 Å². The maximum absolute atomic E-state index is 9.00. The predicted octanol–water partition coefficient (Wildman–Crippen LogP) is 0.983. The van der Waals surface area contributed by atoms with Crippen LogP contribution in [-0.2, 0) is 9.53 Å². The SMILES string of the molecule is C1CC2(CO1)CS2.CC(=O)O. The molecular formula is C7H12O3S. The standard InChI is InChI=1S/C5H8OS.C2H4O2/c1-2-6-3-5(1)4-7-5;1-2(3)4/h1-4H2;1H3,(H,3,4). The highest BCUT2D eigenvalue weighted by molar-refractivity contribution is 8.07. The van der Waals surface area contributed by atoms with Gasteiger partial charge in [-0.25, -0.2) is 0 Å². The van der Waals surface area contributed by atoms with E-state index in [1.807, 2.05) is 0 Å². The fourth-order valence-electron chi connectivity index (χ4n) is 0.918. The average molecular weight is 176 g/mol. The minimum absolute atomic E-state index is 0.639. The number of aliphatic carboxylic acids is 1. The molecule has 0 bridgehead atoms. The van der Waals surface area contributed by atoms with Crippen molar-refractivity contribution in [1.82, 2.24) is 0 Å². The number of carboxylic acids is 1. The van der Waals surface area contributed by atoms with Crippen LogP contribution in [0.5, 0.6) is 0 Å². The third-order valence-electron chi connectivity index (χ3n) is 1.62. The maximum atomic E-state index is 9.00. The van der Waals surface area contributed by atoms with Gasteiger partial charge in [0.2, 0.25) is 0 Å². The molecule has 1 atom stereocenters. The first-order valence-electron chi connectivity index (χ1n) is 3.56. The third-order valence-corrected chi connectivity index (χ3v) is 3.05. The van der Waals surface area contributed by atoms with Gasteiger partial charge in [-0.3, -0.25) is 4.79 Å². The summed E-state index contributed by atoms with van der Waals surface area (Å²) in [6.45, 7) is 3.12. The highest BCUT2D eigenvalue weighted by atomic mass is 32.2. The van der Waals surface area contributed by atoms with Gasteiger partial charge < -0.3 is 9.84 Å². The lowest BCUT2D eigenvalue weighted by molar-refractivity contribution is -0.134. The molecule has 0 amide bonds. The number of carbonyl (C=O) groups is 1. The minimum atomic E-state index is -0.833. The van der Waals surface area contributed by atoms with E-state index in [1.165, 1.54) is 12.2 Å². The molecule has 4 heteroatoms. The van der Waals surface area contributed by atoms with Crippen molar-refractivity contribution in [3.63, 3.8) is 0 Å². The van der Waals surface area contributed by atoms with Crippen LogP contribution in [0.15, 0.2) is 0 Å². The van der Waals surface area contributed by atoms with Crippen molar-refractivity contribution in [1.29, 1.82) is 0 Å². The first kappa shape index (κ1) is 8.87. The number of hydrogen-bond acceptors (Lipinski definition) is 3. The minimum Gasteiger partial charge on any atom is -0.481 e. The predicted molar refractivity (Wildman–Crippen MR) is 43.9 cm³/mol. The van der Waals surface area contributed by atoms with Gasteiger partial charge in [-0.05, 0) is 6.42 Å². The van der Waals surface area contributed by atoms with Crippen LogP contribution in [0, 0.1) is 0 Å². The van der Waals surface area contributed by atoms with Crippen molar-refractivity contribution in [2.24, 2.45) is 0 Å². The van der Waals surface area contributed by atoms with E-state index < -0.39 is 5.97 Å². The molecule has 2 saturated heterocycles. The Morgan fingerprint density at radius 3 is 2.45 bits per heavy atom. The summed E-state index contributed by atoms with van der Waals surface area (Å²) in [6.07, 6.45) is 1.30. The molecule has 0 radical (unpaired) electrons. The smallest absolute Gasteiger partial charge is 0.300 e. The molecule has 3 nitrogen and oxygen atoms in total. The quantitative estimate of drug-likeness (QED) is 0.559. The first-order valence-corrected chi connectivity index (χ1v) is 4.54. The van der Waals surface area contributed by atoms with E-state index in [0.29, 0.717) is 4.75 Å². The lowest BCUT2D eigenvalue weighted by Crippen LogP contribution is -2.05. The van der Waals surface area contributed by atoms with Gasteiger partial charge in [-0.2, -0.15) is 11.8 Å². The molecule has 0 aromatic heterocycles. The van der Waals surface area contributed by atoms with Crippen LogP contribution in [0.4, 0.5) is 0 Å². The Morgan fingerprint density at radius 1 is 1.73 bits per heavy atom. The summed E-state index contributed by atoms with van der Waals surface area (Å²) in [7, 11) is 0. The molecule has 0 aliphatic carbocycles. The molecule has 0 saturated carbocycles. The van der Waals surface area contributed by atoms with Crippen LogP contribution in [0.2, 0.25) is 0 Å². The molecule has 0 aromatic rings. The fourth-order valence-corrected chi connectivity index (χ4v) is 1.74. The van der Waals surface area contributed by atoms with Crippen molar-refractivity contribution in [3.05, 3.63) is 0 Å². The van der Waals surface area contributed by atoms with E-state index in [4.69, 9.17) is 14.6 Å². The molecule has 2 heterocycles. The molecule has 11 heavy (non-hydrogen) atoms. The van der Waals surface area contributed by atoms with E-state index in [2.05, 4.69) is 11.8 Å². The number of ether oxygens (including phenoxy) is 1. The van der Waals surface area contributed by atoms with Gasteiger partial charge in [-0.1, -0.05) is 0 Å². The summed E-state index contributed by atoms with van der Waals surface area (Å²) < 4.78 is 5.84. The Morgan fingerprint density at radius 2 is 2.27 bits per heavy atom. The van der Waals surface area contributed by atoms with Crippen LogP contribution < -0.4 is 0 Å². The maximum Gasteiger partial charge on any atom is 0.300 e. The van der Waals surface area contributed by atoms with E-state index >= 15 is 0 Å². The molecule has 1 N–H and O–H groups in total. The molecular weight excluding hydrogens is 164 g/mol. The van der Waals surface area contributed by atoms with Gasteiger partial charge in [0, 0.05) is 19.3 Å². The second-order valence-corrected chi connectivity index (χ2v) is 4.24. The summed E-state index contributed by atoms with van der Waals surface area (Å²) >= 11 is 2.05. The summed E-state index contributed by atoms with van der Waals surface area (Å²) in [5.74, 6) is 0.521. The van der Waals surface area contributed by atoms with E-state index in [1.54, 1.807) is 0 Å². The molecule has 2 aliphatic rings. The van der Waals surface area contributed by atoms with Gasteiger partial charge in [0.15, 0.2) is 0 Å². The molecule has 2 rings (SSSR count). The van der Waals surface area contributed by atoms with Crippen LogP contribution in [0.3, 0.4) is 0 Å². The summed E-state index contributed by atoms with van der Waals surface area (Å²) in [6, 6.07) is 0. The second-order valence-electron chi connectivity index (χ2n) is 2.79. The Balaban J connectivity index is 0.000000134. The average Bonchev–Trinajstić information content (AvgIpc) is 2.38. The number of thioether (sulfide) groups is 1. The van der Waals surface area contributed by atoms with E-state index in [-0.39, 0.29) is 0 Å². The highest BCUT2D eigenvalue weighted by Crippen LogP contribution is 2.50. The highest BCUT2D eigenvalue weighted by Gasteiger charge is 2.46. The largest absolute Gasteiger partial charge is 0.481 e. The van der Waals surface area contributed by atoms with E-state index in [9.17, 15) is 0 Å². The zero-order valence-corrected chi connectivity index (χ0v) is 7.32. The van der Waals surface area contributed by atoms with Gasteiger partial charge in [-0.15, -0.1) is 0 Å².